The molecule has 0 radical (unpaired) electrons. The largest absolute Gasteiger partial charge is 0.324 e. The molecule has 1 saturated heterocycles. The van der Waals surface area contributed by atoms with E-state index in [0.29, 0.717) is 18.0 Å². The molecule has 0 spiro atoms. The summed E-state index contributed by atoms with van der Waals surface area (Å²) in [6.07, 6.45) is 4.15. The van der Waals surface area contributed by atoms with E-state index in [0.717, 1.165) is 31.2 Å². The number of nitrogens with two attached hydrogens (primary N) is 1. The van der Waals surface area contributed by atoms with Crippen molar-refractivity contribution in [3.05, 3.63) is 29.8 Å². The molecule has 1 atom stereocenters. The third-order valence-electron chi connectivity index (χ3n) is 3.61. The van der Waals surface area contributed by atoms with Gasteiger partial charge in [0, 0.05) is 19.1 Å². The van der Waals surface area contributed by atoms with Gasteiger partial charge >= 0.3 is 0 Å². The van der Waals surface area contributed by atoms with Crippen molar-refractivity contribution in [2.24, 2.45) is 5.73 Å². The van der Waals surface area contributed by atoms with Gasteiger partial charge in [0.05, 0.1) is 4.90 Å². The molecule has 0 saturated carbocycles. The van der Waals surface area contributed by atoms with Crippen LogP contribution in [0.15, 0.2) is 29.2 Å². The highest BCUT2D eigenvalue weighted by molar-refractivity contribution is 7.89. The minimum absolute atomic E-state index is 0.0741. The second-order valence-electron chi connectivity index (χ2n) is 5.18. The van der Waals surface area contributed by atoms with Gasteiger partial charge < -0.3 is 5.73 Å². The molecule has 1 aliphatic heterocycles. The number of hydrogen-bond acceptors (Lipinski definition) is 3. The van der Waals surface area contributed by atoms with Gasteiger partial charge in [-0.15, -0.1) is 0 Å². The predicted molar refractivity (Wildman–Crippen MR) is 76.3 cm³/mol. The van der Waals surface area contributed by atoms with Crippen molar-refractivity contribution in [3.8, 4) is 0 Å². The Labute approximate surface area is 115 Å². The summed E-state index contributed by atoms with van der Waals surface area (Å²) in [6, 6.07) is 6.86. The minimum atomic E-state index is -3.34. The molecule has 0 bridgehead atoms. The maximum atomic E-state index is 12.5. The fraction of sp³-hybridized carbons (Fsp3) is 0.571. The van der Waals surface area contributed by atoms with Gasteiger partial charge in [0.2, 0.25) is 10.0 Å². The van der Waals surface area contributed by atoms with Crippen LogP contribution in [-0.4, -0.2) is 25.8 Å². The lowest BCUT2D eigenvalue weighted by Gasteiger charge is -2.20. The van der Waals surface area contributed by atoms with Crippen LogP contribution in [0.3, 0.4) is 0 Å². The van der Waals surface area contributed by atoms with Crippen molar-refractivity contribution < 1.29 is 8.42 Å². The molecule has 2 N–H and O–H groups in total. The molecule has 2 rings (SSSR count). The van der Waals surface area contributed by atoms with Crippen molar-refractivity contribution in [1.82, 2.24) is 4.31 Å². The van der Waals surface area contributed by atoms with Gasteiger partial charge in [-0.3, -0.25) is 0 Å². The molecule has 1 unspecified atom stereocenters. The lowest BCUT2D eigenvalue weighted by atomic mass is 10.1. The van der Waals surface area contributed by atoms with E-state index in [-0.39, 0.29) is 6.04 Å². The highest BCUT2D eigenvalue weighted by Crippen LogP contribution is 2.21. The first-order valence-electron chi connectivity index (χ1n) is 6.87. The van der Waals surface area contributed by atoms with Crippen LogP contribution in [0, 0.1) is 0 Å². The number of benzene rings is 1. The minimum Gasteiger partial charge on any atom is -0.324 e. The topological polar surface area (TPSA) is 63.4 Å². The van der Waals surface area contributed by atoms with E-state index in [9.17, 15) is 8.42 Å². The summed E-state index contributed by atoms with van der Waals surface area (Å²) >= 11 is 0. The summed E-state index contributed by atoms with van der Waals surface area (Å²) in [5.74, 6) is 0. The monoisotopic (exact) mass is 282 g/mol. The molecule has 106 valence electrons. The number of nitrogens with zero attached hydrogens (tertiary/aromatic N) is 1. The highest BCUT2D eigenvalue weighted by Gasteiger charge is 2.24. The molecule has 0 aromatic heterocycles. The van der Waals surface area contributed by atoms with Crippen molar-refractivity contribution in [2.45, 2.75) is 43.5 Å². The molecule has 19 heavy (non-hydrogen) atoms. The Morgan fingerprint density at radius 3 is 2.05 bits per heavy atom. The Balaban J connectivity index is 2.23. The quantitative estimate of drug-likeness (QED) is 0.925. The van der Waals surface area contributed by atoms with Crippen molar-refractivity contribution in [3.63, 3.8) is 0 Å². The molecule has 4 nitrogen and oxygen atoms in total. The first kappa shape index (κ1) is 14.5. The Morgan fingerprint density at radius 2 is 1.58 bits per heavy atom. The van der Waals surface area contributed by atoms with E-state index < -0.39 is 10.0 Å². The molecular formula is C14H22N2O2S. The maximum absolute atomic E-state index is 12.5. The maximum Gasteiger partial charge on any atom is 0.243 e. The average Bonchev–Trinajstić information content (AvgIpc) is 2.68. The summed E-state index contributed by atoms with van der Waals surface area (Å²) < 4.78 is 26.6. The van der Waals surface area contributed by atoms with Gasteiger partial charge in [-0.05, 0) is 37.5 Å². The molecule has 1 aromatic rings. The normalized spacial score (nSPS) is 19.9. The number of rotatable bonds is 3. The first-order chi connectivity index (χ1) is 9.01. The molecule has 1 aliphatic rings. The second-order valence-corrected chi connectivity index (χ2v) is 7.11. The summed E-state index contributed by atoms with van der Waals surface area (Å²) in [5, 5.41) is 0. The van der Waals surface area contributed by atoms with Gasteiger partial charge in [-0.25, -0.2) is 8.42 Å². The molecular weight excluding hydrogens is 260 g/mol. The van der Waals surface area contributed by atoms with Gasteiger partial charge in [0.25, 0.3) is 0 Å². The summed E-state index contributed by atoms with van der Waals surface area (Å²) in [4.78, 5) is 0.374. The summed E-state index contributed by atoms with van der Waals surface area (Å²) in [5.41, 5.74) is 6.73. The Morgan fingerprint density at radius 1 is 1.05 bits per heavy atom. The van der Waals surface area contributed by atoms with Gasteiger partial charge in [0.15, 0.2) is 0 Å². The molecule has 5 heteroatoms. The third-order valence-corrected chi connectivity index (χ3v) is 5.52. The zero-order valence-electron chi connectivity index (χ0n) is 11.4. The lowest BCUT2D eigenvalue weighted by Crippen LogP contribution is -2.31. The predicted octanol–water partition coefficient (Wildman–Crippen LogP) is 2.27. The van der Waals surface area contributed by atoms with Crippen LogP contribution in [0.5, 0.6) is 0 Å². The van der Waals surface area contributed by atoms with Crippen LogP contribution in [0.2, 0.25) is 0 Å². The van der Waals surface area contributed by atoms with Gasteiger partial charge in [-0.1, -0.05) is 25.0 Å². The van der Waals surface area contributed by atoms with Crippen molar-refractivity contribution in [1.29, 1.82) is 0 Å². The van der Waals surface area contributed by atoms with Crippen LogP contribution >= 0.6 is 0 Å². The molecule has 1 fully saturated rings. The SMILES string of the molecule is CC(N)c1ccc(S(=O)(=O)N2CCCCCC2)cc1. The molecule has 1 heterocycles. The zero-order chi connectivity index (χ0) is 13.9. The van der Waals surface area contributed by atoms with Crippen molar-refractivity contribution >= 4 is 10.0 Å². The van der Waals surface area contributed by atoms with E-state index in [2.05, 4.69) is 0 Å². The smallest absolute Gasteiger partial charge is 0.243 e. The number of sulfonamides is 1. The average molecular weight is 282 g/mol. The first-order valence-corrected chi connectivity index (χ1v) is 8.31. The summed E-state index contributed by atoms with van der Waals surface area (Å²) in [7, 11) is -3.34. The number of hydrogen-bond donors (Lipinski definition) is 1. The van der Waals surface area contributed by atoms with Crippen LogP contribution in [-0.2, 0) is 10.0 Å². The van der Waals surface area contributed by atoms with E-state index in [1.165, 1.54) is 0 Å². The van der Waals surface area contributed by atoms with Crippen LogP contribution in [0.4, 0.5) is 0 Å². The standard InChI is InChI=1S/C14H22N2O2S/c1-12(15)13-6-8-14(9-7-13)19(17,18)16-10-4-2-3-5-11-16/h6-9,12H,2-5,10-11,15H2,1H3. The summed E-state index contributed by atoms with van der Waals surface area (Å²) in [6.45, 7) is 3.16. The van der Waals surface area contributed by atoms with E-state index in [4.69, 9.17) is 5.73 Å². The van der Waals surface area contributed by atoms with Crippen molar-refractivity contribution in [2.75, 3.05) is 13.1 Å². The fourth-order valence-electron chi connectivity index (χ4n) is 2.37. The lowest BCUT2D eigenvalue weighted by molar-refractivity contribution is 0.423. The molecule has 0 amide bonds. The van der Waals surface area contributed by atoms with E-state index in [1.807, 2.05) is 6.92 Å². The third kappa shape index (κ3) is 3.35. The zero-order valence-corrected chi connectivity index (χ0v) is 12.2. The van der Waals surface area contributed by atoms with Gasteiger partial charge in [0.1, 0.15) is 0 Å². The highest BCUT2D eigenvalue weighted by atomic mass is 32.2. The van der Waals surface area contributed by atoms with Crippen LogP contribution in [0.1, 0.15) is 44.2 Å². The Bertz CT molecular complexity index is 501. The molecule has 1 aromatic carbocycles. The Kier molecular flexibility index (Phi) is 4.60. The molecule has 0 aliphatic carbocycles. The van der Waals surface area contributed by atoms with Crippen LogP contribution in [0.25, 0.3) is 0 Å². The van der Waals surface area contributed by atoms with E-state index >= 15 is 0 Å². The fourth-order valence-corrected chi connectivity index (χ4v) is 3.89. The Hall–Kier alpha value is -0.910. The van der Waals surface area contributed by atoms with E-state index in [1.54, 1.807) is 28.6 Å². The second kappa shape index (κ2) is 6.03. The van der Waals surface area contributed by atoms with Crippen LogP contribution < -0.4 is 5.73 Å². The van der Waals surface area contributed by atoms with Gasteiger partial charge in [-0.2, -0.15) is 4.31 Å².